The lowest BCUT2D eigenvalue weighted by atomic mass is 10.1. The van der Waals surface area contributed by atoms with E-state index in [1.807, 2.05) is 6.26 Å². The van der Waals surface area contributed by atoms with Crippen LogP contribution < -0.4 is 11.5 Å². The maximum absolute atomic E-state index is 11.4. The molecule has 1 fully saturated rings. The lowest BCUT2D eigenvalue weighted by Crippen LogP contribution is -2.37. The third-order valence-electron chi connectivity index (χ3n) is 4.73. The molecule has 1 aliphatic heterocycles. The van der Waals surface area contributed by atoms with Crippen LogP contribution in [-0.2, 0) is 25.2 Å². The highest BCUT2D eigenvalue weighted by Gasteiger charge is 2.46. The van der Waals surface area contributed by atoms with Crippen LogP contribution in [0.1, 0.15) is 12.6 Å². The minimum absolute atomic E-state index is 0.182. The highest BCUT2D eigenvalue weighted by molar-refractivity contribution is 7.96. The van der Waals surface area contributed by atoms with Gasteiger partial charge in [-0.15, -0.1) is 0 Å². The van der Waals surface area contributed by atoms with Gasteiger partial charge in [-0.1, -0.05) is 0 Å². The molecule has 12 heteroatoms. The molecule has 0 amide bonds. The van der Waals surface area contributed by atoms with Crippen molar-refractivity contribution in [3.05, 3.63) is 12.7 Å². The average molecular weight is 413 g/mol. The number of imidazole rings is 1. The van der Waals surface area contributed by atoms with E-state index in [-0.39, 0.29) is 16.7 Å². The van der Waals surface area contributed by atoms with Crippen LogP contribution in [0.4, 0.5) is 5.82 Å². The van der Waals surface area contributed by atoms with E-state index in [0.29, 0.717) is 29.1 Å². The van der Waals surface area contributed by atoms with Crippen LogP contribution in [0.15, 0.2) is 12.7 Å². The molecule has 154 valence electrons. The topological polar surface area (TPSA) is 172 Å². The van der Waals surface area contributed by atoms with E-state index in [4.69, 9.17) is 16.2 Å². The quantitative estimate of drug-likeness (QED) is 0.299. The first-order valence-corrected chi connectivity index (χ1v) is 10.7. The smallest absolute Gasteiger partial charge is 0.322 e. The average Bonchev–Trinajstić information content (AvgIpc) is 3.23. The molecule has 6 atom stereocenters. The van der Waals surface area contributed by atoms with E-state index < -0.39 is 36.6 Å². The Kier molecular flexibility index (Phi) is 6.35. The predicted molar refractivity (Wildman–Crippen MR) is 103 cm³/mol. The number of carbonyl (C=O) groups excluding carboxylic acids is 1. The molecule has 6 N–H and O–H groups in total. The Morgan fingerprint density at radius 1 is 1.39 bits per heavy atom. The van der Waals surface area contributed by atoms with Gasteiger partial charge in [0.1, 0.15) is 47.7 Å². The third kappa shape index (κ3) is 4.05. The fraction of sp³-hybridized carbons (Fsp3) is 0.625. The summed E-state index contributed by atoms with van der Waals surface area (Å²) in [5, 5.41) is 20.9. The van der Waals surface area contributed by atoms with Crippen molar-refractivity contribution >= 4 is 33.8 Å². The number of esters is 1. The minimum atomic E-state index is -1.15. The molecule has 1 aliphatic rings. The number of aliphatic hydroxyl groups excluding tert-OH is 2. The Morgan fingerprint density at radius 2 is 2.14 bits per heavy atom. The molecule has 11 nitrogen and oxygen atoms in total. The first-order chi connectivity index (χ1) is 13.3. The number of nitrogens with two attached hydrogens (primary N) is 2. The van der Waals surface area contributed by atoms with Crippen molar-refractivity contribution in [1.82, 2.24) is 19.5 Å². The van der Waals surface area contributed by atoms with Crippen LogP contribution >= 0.6 is 0 Å². The number of ether oxygens (including phenoxy) is 2. The molecule has 0 aromatic carbocycles. The number of aliphatic hydroxyl groups is 2. The van der Waals surface area contributed by atoms with Gasteiger partial charge in [0.05, 0.1) is 19.7 Å². The molecule has 2 aromatic rings. The number of nitrogen functional groups attached to an aromatic ring is 1. The van der Waals surface area contributed by atoms with Gasteiger partial charge in [0.25, 0.3) is 0 Å². The van der Waals surface area contributed by atoms with Crippen LogP contribution in [0.2, 0.25) is 0 Å². The molecule has 0 radical (unpaired) electrons. The van der Waals surface area contributed by atoms with E-state index in [0.717, 1.165) is 0 Å². The Balaban J connectivity index is 1.65. The van der Waals surface area contributed by atoms with Gasteiger partial charge < -0.3 is 31.2 Å². The van der Waals surface area contributed by atoms with Gasteiger partial charge in [0.15, 0.2) is 17.7 Å². The molecule has 3 heterocycles. The Morgan fingerprint density at radius 3 is 2.86 bits per heavy atom. The minimum Gasteiger partial charge on any atom is -0.468 e. The first kappa shape index (κ1) is 20.7. The highest BCUT2D eigenvalue weighted by Crippen LogP contribution is 2.32. The highest BCUT2D eigenvalue weighted by atomic mass is 32.2. The lowest BCUT2D eigenvalue weighted by Gasteiger charge is -2.16. The number of methoxy groups -OCH3 is 1. The van der Waals surface area contributed by atoms with E-state index in [1.54, 1.807) is 4.57 Å². The van der Waals surface area contributed by atoms with Crippen LogP contribution in [-0.4, -0.2) is 84.9 Å². The number of nitrogens with zero attached hydrogens (tertiary/aromatic N) is 4. The SMILES string of the molecule is COC(=O)[C@@H](N)CC[S+](C)C[C@H]1O[C@@H](n2cnc3c(N)ncnc32)[C@H](O)[C@@H]1O. The number of hydrogen-bond acceptors (Lipinski definition) is 10. The number of rotatable bonds is 7. The molecule has 0 saturated carbocycles. The fourth-order valence-electron chi connectivity index (χ4n) is 3.11. The van der Waals surface area contributed by atoms with E-state index in [2.05, 4.69) is 19.7 Å². The largest absolute Gasteiger partial charge is 0.468 e. The number of aromatic nitrogens is 4. The summed E-state index contributed by atoms with van der Waals surface area (Å²) in [5.41, 5.74) is 12.4. The standard InChI is InChI=1S/C16H25N6O5S/c1-26-16(25)8(17)3-4-28(2)5-9-11(23)12(24)15(27-9)22-7-21-10-13(18)19-6-20-14(10)22/h6-9,11-12,15,23-24H,3-5,17H2,1-2H3,(H2,18,19,20)/q+1/t8-,9+,11+,12+,15+,28?/m0/s1. The van der Waals surface area contributed by atoms with Crippen molar-refractivity contribution in [2.45, 2.75) is 37.0 Å². The molecule has 28 heavy (non-hydrogen) atoms. The van der Waals surface area contributed by atoms with Crippen LogP contribution in [0.3, 0.4) is 0 Å². The summed E-state index contributed by atoms with van der Waals surface area (Å²) < 4.78 is 12.1. The van der Waals surface area contributed by atoms with E-state index in [1.165, 1.54) is 19.8 Å². The van der Waals surface area contributed by atoms with Gasteiger partial charge >= 0.3 is 5.97 Å². The summed E-state index contributed by atoms with van der Waals surface area (Å²) in [7, 11) is 1.12. The van der Waals surface area contributed by atoms with Gasteiger partial charge in [0, 0.05) is 6.42 Å². The van der Waals surface area contributed by atoms with Crippen LogP contribution in [0.5, 0.6) is 0 Å². The van der Waals surface area contributed by atoms with Crippen molar-refractivity contribution in [2.75, 3.05) is 30.6 Å². The second kappa shape index (κ2) is 8.57. The van der Waals surface area contributed by atoms with E-state index in [9.17, 15) is 15.0 Å². The van der Waals surface area contributed by atoms with Gasteiger partial charge in [-0.2, -0.15) is 0 Å². The number of hydrogen-bond donors (Lipinski definition) is 4. The molecule has 0 bridgehead atoms. The molecule has 3 rings (SSSR count). The molecule has 0 aliphatic carbocycles. The molecule has 2 aromatic heterocycles. The van der Waals surface area contributed by atoms with Crippen molar-refractivity contribution in [1.29, 1.82) is 0 Å². The second-order valence-corrected chi connectivity index (χ2v) is 9.00. The summed E-state index contributed by atoms with van der Waals surface area (Å²) in [5.74, 6) is 0.983. The Hall–Kier alpha value is -1.99. The van der Waals surface area contributed by atoms with Gasteiger partial charge in [-0.05, 0) is 10.9 Å². The molecule has 1 unspecified atom stereocenters. The number of carbonyl (C=O) groups is 1. The molecular weight excluding hydrogens is 388 g/mol. The summed E-state index contributed by atoms with van der Waals surface area (Å²) in [4.78, 5) is 23.6. The van der Waals surface area contributed by atoms with E-state index >= 15 is 0 Å². The van der Waals surface area contributed by atoms with Gasteiger partial charge in [-0.3, -0.25) is 9.36 Å². The summed E-state index contributed by atoms with van der Waals surface area (Å²) >= 11 is 0. The van der Waals surface area contributed by atoms with Crippen LogP contribution in [0.25, 0.3) is 11.2 Å². The van der Waals surface area contributed by atoms with Crippen LogP contribution in [0, 0.1) is 0 Å². The predicted octanol–water partition coefficient (Wildman–Crippen LogP) is -1.83. The zero-order valence-electron chi connectivity index (χ0n) is 15.6. The lowest BCUT2D eigenvalue weighted by molar-refractivity contribution is -0.142. The summed E-state index contributed by atoms with van der Waals surface area (Å²) in [6.45, 7) is 0. The number of fused-ring (bicyclic) bond motifs is 1. The van der Waals surface area contributed by atoms with Crippen molar-refractivity contribution in [3.63, 3.8) is 0 Å². The fourth-order valence-corrected chi connectivity index (χ4v) is 4.77. The zero-order chi connectivity index (χ0) is 20.4. The summed E-state index contributed by atoms with van der Waals surface area (Å²) in [6.07, 6.45) is 1.62. The Bertz CT molecular complexity index is 835. The normalized spacial score (nSPS) is 27.0. The molecular formula is C16H25N6O5S+. The maximum atomic E-state index is 11.4. The van der Waals surface area contributed by atoms with Crippen molar-refractivity contribution in [2.24, 2.45) is 5.73 Å². The Labute approximate surface area is 164 Å². The third-order valence-corrected chi connectivity index (χ3v) is 6.56. The van der Waals surface area contributed by atoms with Crippen molar-refractivity contribution < 1.29 is 24.5 Å². The first-order valence-electron chi connectivity index (χ1n) is 8.70. The molecule has 0 spiro atoms. The monoisotopic (exact) mass is 413 g/mol. The summed E-state index contributed by atoms with van der Waals surface area (Å²) in [6, 6.07) is -0.671. The maximum Gasteiger partial charge on any atom is 0.322 e. The van der Waals surface area contributed by atoms with Gasteiger partial charge in [0.2, 0.25) is 0 Å². The molecule has 1 saturated heterocycles. The number of anilines is 1. The second-order valence-electron chi connectivity index (χ2n) is 6.70. The van der Waals surface area contributed by atoms with Gasteiger partial charge in [-0.25, -0.2) is 15.0 Å². The van der Waals surface area contributed by atoms with Crippen molar-refractivity contribution in [3.8, 4) is 0 Å². The zero-order valence-corrected chi connectivity index (χ0v) is 16.5.